The third-order valence-electron chi connectivity index (χ3n) is 4.35. The summed E-state index contributed by atoms with van der Waals surface area (Å²) in [7, 11) is 0. The number of aryl methyl sites for hydroxylation is 1. The number of hydrogen-bond donors (Lipinski definition) is 1. The molecule has 0 saturated carbocycles. The van der Waals surface area contributed by atoms with Gasteiger partial charge in [0, 0.05) is 18.7 Å². The summed E-state index contributed by atoms with van der Waals surface area (Å²) in [4.78, 5) is 12.9. The molecule has 4 aromatic heterocycles. The van der Waals surface area contributed by atoms with Crippen LogP contribution in [0.15, 0.2) is 30.6 Å². The minimum absolute atomic E-state index is 0.0650. The highest BCUT2D eigenvalue weighted by Gasteiger charge is 2.21. The highest BCUT2D eigenvalue weighted by atomic mass is 19.3. The van der Waals surface area contributed by atoms with Gasteiger partial charge in [-0.25, -0.2) is 37.0 Å². The molecule has 0 aliphatic carbocycles. The van der Waals surface area contributed by atoms with Gasteiger partial charge in [-0.15, -0.1) is 5.10 Å². The van der Waals surface area contributed by atoms with Crippen molar-refractivity contribution in [1.29, 1.82) is 0 Å². The minimum atomic E-state index is -2.89. The molecule has 0 bridgehead atoms. The molecule has 0 fully saturated rings. The van der Waals surface area contributed by atoms with E-state index in [1.165, 1.54) is 15.3 Å². The summed E-state index contributed by atoms with van der Waals surface area (Å²) >= 11 is 0. The molecule has 0 unspecified atom stereocenters. The number of nitrogens with zero attached hydrogens (tertiary/aromatic N) is 6. The smallest absolute Gasteiger partial charge is 0.262 e. The maximum Gasteiger partial charge on any atom is 0.262 e. The zero-order valence-corrected chi connectivity index (χ0v) is 15.6. The predicted molar refractivity (Wildman–Crippen MR) is 99.4 cm³/mol. The van der Waals surface area contributed by atoms with Gasteiger partial charge in [0.2, 0.25) is 5.95 Å². The van der Waals surface area contributed by atoms with Crippen LogP contribution in [-0.2, 0) is 6.54 Å². The fourth-order valence-electron chi connectivity index (χ4n) is 3.05. The van der Waals surface area contributed by atoms with E-state index >= 15 is 0 Å². The number of alkyl halides is 4. The van der Waals surface area contributed by atoms with Gasteiger partial charge in [0.15, 0.2) is 5.65 Å². The monoisotopic (exact) mass is 407 g/mol. The van der Waals surface area contributed by atoms with E-state index in [1.807, 2.05) is 0 Å². The molecule has 0 aliphatic heterocycles. The zero-order valence-electron chi connectivity index (χ0n) is 15.6. The molecule has 4 aromatic rings. The fourth-order valence-corrected chi connectivity index (χ4v) is 3.05. The molecule has 1 N–H and O–H groups in total. The second-order valence-electron chi connectivity index (χ2n) is 6.76. The number of aromatic nitrogens is 6. The topological polar surface area (TPSA) is 72.9 Å². The lowest BCUT2D eigenvalue weighted by Gasteiger charge is -2.11. The molecular weight excluding hydrogens is 390 g/mol. The third kappa shape index (κ3) is 3.84. The van der Waals surface area contributed by atoms with Gasteiger partial charge >= 0.3 is 0 Å². The van der Waals surface area contributed by atoms with Gasteiger partial charge in [-0.05, 0) is 25.1 Å². The largest absolute Gasteiger partial charge is 0.347 e. The van der Waals surface area contributed by atoms with E-state index in [1.54, 1.807) is 31.3 Å². The maximum atomic E-state index is 13.0. The van der Waals surface area contributed by atoms with Gasteiger partial charge in [-0.3, -0.25) is 0 Å². The van der Waals surface area contributed by atoms with E-state index in [0.29, 0.717) is 33.8 Å². The molecule has 7 nitrogen and oxygen atoms in total. The molecule has 4 rings (SSSR count). The normalized spacial score (nSPS) is 12.4. The Morgan fingerprint density at radius 1 is 1.17 bits per heavy atom. The van der Waals surface area contributed by atoms with E-state index in [9.17, 15) is 17.6 Å². The Morgan fingerprint density at radius 2 is 1.97 bits per heavy atom. The zero-order chi connectivity index (χ0) is 20.8. The lowest BCUT2D eigenvalue weighted by atomic mass is 10.2. The van der Waals surface area contributed by atoms with Gasteiger partial charge in [0.25, 0.3) is 12.3 Å². The van der Waals surface area contributed by atoms with Gasteiger partial charge in [0.1, 0.15) is 11.3 Å². The van der Waals surface area contributed by atoms with Gasteiger partial charge in [-0.2, -0.15) is 0 Å². The predicted octanol–water partition coefficient (Wildman–Crippen LogP) is 3.78. The summed E-state index contributed by atoms with van der Waals surface area (Å²) in [5.74, 6) is -2.37. The highest BCUT2D eigenvalue weighted by molar-refractivity contribution is 5.82. The number of imidazole rings is 1. The SMILES string of the molecule is Cc1nc2ccc(-c3ccn4nc(NCC(C)(F)F)ncc34)nc2n1CC(F)F. The van der Waals surface area contributed by atoms with E-state index in [4.69, 9.17) is 0 Å². The molecule has 0 saturated heterocycles. The minimum Gasteiger partial charge on any atom is -0.347 e. The van der Waals surface area contributed by atoms with Crippen LogP contribution in [-0.4, -0.2) is 48.0 Å². The molecule has 0 atom stereocenters. The van der Waals surface area contributed by atoms with Crippen molar-refractivity contribution in [3.05, 3.63) is 36.4 Å². The molecule has 0 aromatic carbocycles. The molecule has 4 heterocycles. The number of hydrogen-bond acceptors (Lipinski definition) is 5. The van der Waals surface area contributed by atoms with Crippen LogP contribution in [0.5, 0.6) is 0 Å². The Balaban J connectivity index is 1.71. The summed E-state index contributed by atoms with van der Waals surface area (Å²) in [5, 5.41) is 6.65. The second kappa shape index (κ2) is 6.98. The van der Waals surface area contributed by atoms with Crippen LogP contribution in [0.3, 0.4) is 0 Å². The van der Waals surface area contributed by atoms with Crippen molar-refractivity contribution >= 4 is 22.6 Å². The molecule has 0 spiro atoms. The van der Waals surface area contributed by atoms with Crippen molar-refractivity contribution < 1.29 is 17.6 Å². The van der Waals surface area contributed by atoms with Crippen LogP contribution >= 0.6 is 0 Å². The molecule has 0 aliphatic rings. The number of rotatable bonds is 6. The summed E-state index contributed by atoms with van der Waals surface area (Å²) in [5.41, 5.74) is 2.71. The van der Waals surface area contributed by atoms with Crippen molar-refractivity contribution in [3.8, 4) is 11.3 Å². The quantitative estimate of drug-likeness (QED) is 0.493. The average Bonchev–Trinajstić information content (AvgIpc) is 3.19. The molecule has 0 amide bonds. The Morgan fingerprint density at radius 3 is 2.69 bits per heavy atom. The first kappa shape index (κ1) is 19.1. The standard InChI is InChI=1S/C18H17F4N7/c1-10-25-13-4-3-12(26-16(13)28(10)8-15(19)20)11-5-6-29-14(11)7-23-17(27-29)24-9-18(2,21)22/h3-7,15H,8-9H2,1-2H3,(H,24,27). The Kier molecular flexibility index (Phi) is 4.59. The summed E-state index contributed by atoms with van der Waals surface area (Å²) in [6, 6.07) is 5.20. The summed E-state index contributed by atoms with van der Waals surface area (Å²) in [6.45, 7) is 1.38. The average molecular weight is 407 g/mol. The van der Waals surface area contributed by atoms with Crippen molar-refractivity contribution in [2.24, 2.45) is 0 Å². The van der Waals surface area contributed by atoms with E-state index in [0.717, 1.165) is 6.92 Å². The number of pyridine rings is 1. The van der Waals surface area contributed by atoms with Crippen LogP contribution in [0.2, 0.25) is 0 Å². The van der Waals surface area contributed by atoms with Crippen LogP contribution in [0.4, 0.5) is 23.5 Å². The van der Waals surface area contributed by atoms with Crippen molar-refractivity contribution in [2.45, 2.75) is 32.7 Å². The molecule has 29 heavy (non-hydrogen) atoms. The lowest BCUT2D eigenvalue weighted by Crippen LogP contribution is -2.24. The van der Waals surface area contributed by atoms with Gasteiger partial charge < -0.3 is 9.88 Å². The van der Waals surface area contributed by atoms with Crippen molar-refractivity contribution in [3.63, 3.8) is 0 Å². The molecule has 11 heteroatoms. The van der Waals surface area contributed by atoms with Crippen LogP contribution in [0.1, 0.15) is 12.7 Å². The molecule has 0 radical (unpaired) electrons. The van der Waals surface area contributed by atoms with Gasteiger partial charge in [-0.1, -0.05) is 0 Å². The van der Waals surface area contributed by atoms with Crippen LogP contribution < -0.4 is 5.32 Å². The number of halogens is 4. The Labute approximate surface area is 162 Å². The van der Waals surface area contributed by atoms with Crippen molar-refractivity contribution in [2.75, 3.05) is 11.9 Å². The first-order valence-corrected chi connectivity index (χ1v) is 8.80. The summed E-state index contributed by atoms with van der Waals surface area (Å²) in [6.07, 6.45) is 0.614. The Hall–Kier alpha value is -3.24. The molecular formula is C18H17F4N7. The van der Waals surface area contributed by atoms with Gasteiger partial charge in [0.05, 0.1) is 30.5 Å². The van der Waals surface area contributed by atoms with E-state index in [-0.39, 0.29) is 5.95 Å². The van der Waals surface area contributed by atoms with Crippen molar-refractivity contribution in [1.82, 2.24) is 29.1 Å². The fraction of sp³-hybridized carbons (Fsp3) is 0.333. The van der Waals surface area contributed by atoms with E-state index in [2.05, 4.69) is 25.4 Å². The Bertz CT molecular complexity index is 1180. The first-order chi connectivity index (χ1) is 13.7. The highest BCUT2D eigenvalue weighted by Crippen LogP contribution is 2.26. The van der Waals surface area contributed by atoms with Crippen LogP contribution in [0.25, 0.3) is 27.9 Å². The maximum absolute atomic E-state index is 13.0. The first-order valence-electron chi connectivity index (χ1n) is 8.80. The van der Waals surface area contributed by atoms with Crippen LogP contribution in [0, 0.1) is 6.92 Å². The van der Waals surface area contributed by atoms with E-state index < -0.39 is 25.4 Å². The lowest BCUT2D eigenvalue weighted by molar-refractivity contribution is 0.0365. The molecule has 152 valence electrons. The summed E-state index contributed by atoms with van der Waals surface area (Å²) < 4.78 is 54.7. The second-order valence-corrected chi connectivity index (χ2v) is 6.76. The number of fused-ring (bicyclic) bond motifs is 2. The third-order valence-corrected chi connectivity index (χ3v) is 4.35. The number of nitrogens with one attached hydrogen (secondary N) is 1. The number of anilines is 1.